The van der Waals surface area contributed by atoms with Crippen LogP contribution < -0.4 is 18.5 Å². The fourth-order valence-corrected chi connectivity index (χ4v) is 3.09. The zero-order chi connectivity index (χ0) is 17.2. The van der Waals surface area contributed by atoms with E-state index in [0.717, 1.165) is 25.7 Å². The lowest BCUT2D eigenvalue weighted by atomic mass is 9.94. The number of nitrogens with one attached hydrogen (secondary N) is 2. The van der Waals surface area contributed by atoms with Crippen LogP contribution >= 0.6 is 45.7 Å². The standard InChI is InChI=1S/C14H26I2N4O2/c1-13(17,11(21)19-15)9-7-5-3-4-6-8-10-14(2,18)12(22)20-16/h3-4H,5-10,17-18H2,1-2H3,(H,19,21)(H,20,22)/b4-3+/t13-,14-/m0/s1. The first kappa shape index (κ1) is 22.1. The topological polar surface area (TPSA) is 110 Å². The number of hydrogen-bond acceptors (Lipinski definition) is 4. The minimum absolute atomic E-state index is 0.146. The number of rotatable bonds is 10. The number of halogens is 2. The second kappa shape index (κ2) is 10.8. The maximum atomic E-state index is 11.5. The highest BCUT2D eigenvalue weighted by Gasteiger charge is 2.27. The van der Waals surface area contributed by atoms with Crippen molar-refractivity contribution in [3.05, 3.63) is 12.2 Å². The van der Waals surface area contributed by atoms with Gasteiger partial charge < -0.3 is 11.5 Å². The quantitative estimate of drug-likeness (QED) is 0.149. The molecule has 0 aliphatic heterocycles. The number of nitrogens with two attached hydrogens (primary N) is 2. The average molecular weight is 536 g/mol. The number of unbranched alkanes of at least 4 members (excludes halogenated alkanes) is 2. The third kappa shape index (κ3) is 8.63. The van der Waals surface area contributed by atoms with Crippen LogP contribution in [0, 0.1) is 0 Å². The Morgan fingerprint density at radius 1 is 0.909 bits per heavy atom. The highest BCUT2D eigenvalue weighted by atomic mass is 127. The van der Waals surface area contributed by atoms with Crippen LogP contribution in [0.25, 0.3) is 0 Å². The fraction of sp³-hybridized carbons (Fsp3) is 0.714. The van der Waals surface area contributed by atoms with Crippen LogP contribution in [-0.4, -0.2) is 22.9 Å². The smallest absolute Gasteiger partial charge is 0.248 e. The second-order valence-corrected chi connectivity index (χ2v) is 7.02. The summed E-state index contributed by atoms with van der Waals surface area (Å²) in [6, 6.07) is 0. The number of carbonyl (C=O) groups is 2. The number of amides is 2. The summed E-state index contributed by atoms with van der Waals surface area (Å²) < 4.78 is 5.09. The van der Waals surface area contributed by atoms with Crippen LogP contribution in [0.5, 0.6) is 0 Å². The molecule has 6 N–H and O–H groups in total. The summed E-state index contributed by atoms with van der Waals surface area (Å²) in [6.07, 6.45) is 8.95. The molecule has 8 heteroatoms. The first-order valence-electron chi connectivity index (χ1n) is 7.22. The molecule has 0 saturated heterocycles. The van der Waals surface area contributed by atoms with E-state index < -0.39 is 11.1 Å². The predicted octanol–water partition coefficient (Wildman–Crippen LogP) is 2.25. The summed E-state index contributed by atoms with van der Waals surface area (Å²) in [6.45, 7) is 3.48. The Bertz CT molecular complexity index is 362. The Kier molecular flexibility index (Phi) is 10.8. The monoisotopic (exact) mass is 536 g/mol. The molecule has 0 rings (SSSR count). The normalized spacial score (nSPS) is 16.8. The van der Waals surface area contributed by atoms with Crippen LogP contribution in [-0.2, 0) is 9.59 Å². The van der Waals surface area contributed by atoms with Crippen molar-refractivity contribution in [1.82, 2.24) is 7.06 Å². The lowest BCUT2D eigenvalue weighted by Gasteiger charge is -2.21. The van der Waals surface area contributed by atoms with Crippen molar-refractivity contribution in [3.8, 4) is 0 Å². The van der Waals surface area contributed by atoms with Crippen LogP contribution in [0.4, 0.5) is 0 Å². The van der Waals surface area contributed by atoms with E-state index in [4.69, 9.17) is 11.5 Å². The van der Waals surface area contributed by atoms with E-state index in [0.29, 0.717) is 12.8 Å². The van der Waals surface area contributed by atoms with Gasteiger partial charge in [0.05, 0.1) is 56.8 Å². The highest BCUT2D eigenvalue weighted by Crippen LogP contribution is 2.14. The summed E-state index contributed by atoms with van der Waals surface area (Å²) in [5, 5.41) is 0. The Morgan fingerprint density at radius 3 is 1.50 bits per heavy atom. The van der Waals surface area contributed by atoms with Crippen LogP contribution in [0.1, 0.15) is 52.4 Å². The molecule has 0 aromatic heterocycles. The average Bonchev–Trinajstić information content (AvgIpc) is 2.47. The molecule has 128 valence electrons. The first-order chi connectivity index (χ1) is 10.2. The molecule has 2 amide bonds. The van der Waals surface area contributed by atoms with Gasteiger partial charge in [-0.05, 0) is 52.4 Å². The SMILES string of the molecule is C[C@](N)(CCC/C=C/CCC[C@](C)(N)C(=O)NI)C(=O)NI. The Morgan fingerprint density at radius 2 is 1.23 bits per heavy atom. The third-order valence-electron chi connectivity index (χ3n) is 3.51. The molecule has 0 aromatic carbocycles. The molecule has 2 atom stereocenters. The van der Waals surface area contributed by atoms with E-state index in [1.54, 1.807) is 59.6 Å². The van der Waals surface area contributed by atoms with Gasteiger partial charge in [0.2, 0.25) is 11.8 Å². The zero-order valence-corrected chi connectivity index (χ0v) is 17.4. The number of allylic oxidation sites excluding steroid dienone is 2. The molecule has 0 aromatic rings. The van der Waals surface area contributed by atoms with Gasteiger partial charge in [-0.25, -0.2) is 0 Å². The van der Waals surface area contributed by atoms with Crippen molar-refractivity contribution in [3.63, 3.8) is 0 Å². The van der Waals surface area contributed by atoms with Gasteiger partial charge in [0.1, 0.15) is 0 Å². The highest BCUT2D eigenvalue weighted by molar-refractivity contribution is 14.1. The maximum Gasteiger partial charge on any atom is 0.248 e. The predicted molar refractivity (Wildman–Crippen MR) is 106 cm³/mol. The third-order valence-corrected chi connectivity index (χ3v) is 4.49. The van der Waals surface area contributed by atoms with Gasteiger partial charge in [0.15, 0.2) is 0 Å². The lowest BCUT2D eigenvalue weighted by molar-refractivity contribution is -0.124. The van der Waals surface area contributed by atoms with Gasteiger partial charge in [0, 0.05) is 0 Å². The van der Waals surface area contributed by atoms with Crippen molar-refractivity contribution in [2.45, 2.75) is 63.5 Å². The molecule has 0 radical (unpaired) electrons. The molecule has 0 heterocycles. The van der Waals surface area contributed by atoms with E-state index in [2.05, 4.69) is 19.2 Å². The van der Waals surface area contributed by atoms with Gasteiger partial charge in [-0.15, -0.1) is 0 Å². The van der Waals surface area contributed by atoms with Gasteiger partial charge >= 0.3 is 0 Å². The van der Waals surface area contributed by atoms with Crippen molar-refractivity contribution >= 4 is 57.5 Å². The summed E-state index contributed by atoms with van der Waals surface area (Å²) in [5.41, 5.74) is 10.2. The van der Waals surface area contributed by atoms with Crippen LogP contribution in [0.15, 0.2) is 12.2 Å². The molecule has 0 aliphatic rings. The molecule has 22 heavy (non-hydrogen) atoms. The van der Waals surface area contributed by atoms with Gasteiger partial charge in [-0.2, -0.15) is 0 Å². The molecule has 0 aliphatic carbocycles. The van der Waals surface area contributed by atoms with E-state index in [1.807, 2.05) is 0 Å². The lowest BCUT2D eigenvalue weighted by Crippen LogP contribution is -2.49. The van der Waals surface area contributed by atoms with Crippen molar-refractivity contribution in [2.75, 3.05) is 0 Å². The van der Waals surface area contributed by atoms with Crippen molar-refractivity contribution < 1.29 is 9.59 Å². The van der Waals surface area contributed by atoms with Gasteiger partial charge in [-0.3, -0.25) is 16.6 Å². The molecular formula is C14H26I2N4O2. The molecule has 0 saturated carbocycles. The zero-order valence-electron chi connectivity index (χ0n) is 13.1. The Labute approximate surface area is 160 Å². The number of carbonyl (C=O) groups excluding carboxylic acids is 2. The molecule has 0 spiro atoms. The van der Waals surface area contributed by atoms with E-state index in [9.17, 15) is 9.59 Å². The Hall–Kier alpha value is 0.0600. The van der Waals surface area contributed by atoms with E-state index in [-0.39, 0.29) is 11.8 Å². The molecule has 0 fully saturated rings. The van der Waals surface area contributed by atoms with Crippen molar-refractivity contribution in [1.29, 1.82) is 0 Å². The number of hydrogen-bond donors (Lipinski definition) is 4. The minimum atomic E-state index is -0.816. The summed E-state index contributed by atoms with van der Waals surface area (Å²) in [7, 11) is 0. The van der Waals surface area contributed by atoms with Crippen LogP contribution in [0.2, 0.25) is 0 Å². The van der Waals surface area contributed by atoms with Gasteiger partial charge in [-0.1, -0.05) is 12.2 Å². The fourth-order valence-electron chi connectivity index (χ4n) is 1.85. The molecular weight excluding hydrogens is 510 g/mol. The largest absolute Gasteiger partial charge is 0.318 e. The minimum Gasteiger partial charge on any atom is -0.318 e. The first-order valence-corrected chi connectivity index (χ1v) is 9.38. The van der Waals surface area contributed by atoms with Crippen LogP contribution in [0.3, 0.4) is 0 Å². The molecule has 6 nitrogen and oxygen atoms in total. The second-order valence-electron chi connectivity index (χ2n) is 5.94. The van der Waals surface area contributed by atoms with E-state index in [1.165, 1.54) is 0 Å². The maximum absolute atomic E-state index is 11.5. The summed E-state index contributed by atoms with van der Waals surface area (Å²) in [4.78, 5) is 23.0. The summed E-state index contributed by atoms with van der Waals surface area (Å²) >= 11 is 3.61. The molecule has 0 unspecified atom stereocenters. The Balaban J connectivity index is 3.86. The summed E-state index contributed by atoms with van der Waals surface area (Å²) in [5.74, 6) is -0.291. The van der Waals surface area contributed by atoms with Gasteiger partial charge in [0.25, 0.3) is 0 Å². The van der Waals surface area contributed by atoms with E-state index >= 15 is 0 Å². The molecule has 0 bridgehead atoms. The van der Waals surface area contributed by atoms with Crippen molar-refractivity contribution in [2.24, 2.45) is 11.5 Å².